The van der Waals surface area contributed by atoms with E-state index in [1.54, 1.807) is 24.3 Å². The molecule has 0 aliphatic heterocycles. The van der Waals surface area contributed by atoms with E-state index >= 15 is 0 Å². The highest BCUT2D eigenvalue weighted by atomic mass is 16.5. The molecule has 0 radical (unpaired) electrons. The van der Waals surface area contributed by atoms with E-state index in [4.69, 9.17) is 10.5 Å². The highest BCUT2D eigenvalue weighted by Gasteiger charge is 2.04. The molecule has 0 heterocycles. The number of anilines is 2. The number of amides is 2. The maximum atomic E-state index is 11.9. The monoisotopic (exact) mass is 313 g/mol. The minimum atomic E-state index is -0.500. The second-order valence-electron chi connectivity index (χ2n) is 4.80. The highest BCUT2D eigenvalue weighted by Crippen LogP contribution is 2.15. The third-order valence-corrected chi connectivity index (χ3v) is 3.07. The quantitative estimate of drug-likeness (QED) is 0.730. The molecule has 0 aromatic heterocycles. The van der Waals surface area contributed by atoms with E-state index in [1.807, 2.05) is 31.2 Å². The van der Waals surface area contributed by atoms with Gasteiger partial charge >= 0.3 is 0 Å². The zero-order chi connectivity index (χ0) is 16.7. The van der Waals surface area contributed by atoms with E-state index < -0.39 is 5.91 Å². The maximum Gasteiger partial charge on any atom is 0.248 e. The number of hydrogen-bond donors (Lipinski definition) is 3. The van der Waals surface area contributed by atoms with Gasteiger partial charge in [0.1, 0.15) is 5.75 Å². The van der Waals surface area contributed by atoms with Crippen molar-refractivity contribution >= 4 is 23.2 Å². The Morgan fingerprint density at radius 1 is 1.00 bits per heavy atom. The van der Waals surface area contributed by atoms with Crippen molar-refractivity contribution in [1.29, 1.82) is 0 Å². The molecule has 23 heavy (non-hydrogen) atoms. The van der Waals surface area contributed by atoms with E-state index in [9.17, 15) is 9.59 Å². The molecule has 2 aromatic rings. The molecule has 2 amide bonds. The minimum absolute atomic E-state index is 0.131. The van der Waals surface area contributed by atoms with Crippen LogP contribution in [0.2, 0.25) is 0 Å². The first-order valence-electron chi connectivity index (χ1n) is 7.25. The summed E-state index contributed by atoms with van der Waals surface area (Å²) >= 11 is 0. The highest BCUT2D eigenvalue weighted by molar-refractivity contribution is 5.96. The van der Waals surface area contributed by atoms with E-state index in [0.717, 1.165) is 11.4 Å². The topological polar surface area (TPSA) is 93.4 Å². The van der Waals surface area contributed by atoms with Crippen LogP contribution < -0.4 is 21.1 Å². The standard InChI is InChI=1S/C17H19N3O3/c1-2-23-15-9-7-13(8-10-15)19-11-16(21)20-14-5-3-12(4-6-14)17(18)22/h3-10,19H,2,11H2,1H3,(H2,18,22)(H,20,21). The predicted octanol–water partition coefficient (Wildman–Crippen LogP) is 2.23. The van der Waals surface area contributed by atoms with Crippen molar-refractivity contribution in [2.45, 2.75) is 6.92 Å². The van der Waals surface area contributed by atoms with E-state index in [0.29, 0.717) is 17.9 Å². The molecular weight excluding hydrogens is 294 g/mol. The van der Waals surface area contributed by atoms with Crippen LogP contribution in [-0.4, -0.2) is 25.0 Å². The summed E-state index contributed by atoms with van der Waals surface area (Å²) < 4.78 is 5.35. The molecule has 0 atom stereocenters. The van der Waals surface area contributed by atoms with Crippen LogP contribution in [-0.2, 0) is 4.79 Å². The van der Waals surface area contributed by atoms with Gasteiger partial charge in [-0.05, 0) is 55.5 Å². The lowest BCUT2D eigenvalue weighted by atomic mass is 10.2. The first-order chi connectivity index (χ1) is 11.1. The number of carbonyl (C=O) groups excluding carboxylic acids is 2. The third-order valence-electron chi connectivity index (χ3n) is 3.07. The average molecular weight is 313 g/mol. The Balaban J connectivity index is 1.83. The summed E-state index contributed by atoms with van der Waals surface area (Å²) in [5.41, 5.74) is 6.99. The Labute approximate surface area is 134 Å². The van der Waals surface area contributed by atoms with Crippen molar-refractivity contribution in [2.75, 3.05) is 23.8 Å². The van der Waals surface area contributed by atoms with Crippen LogP contribution in [0.5, 0.6) is 5.75 Å². The average Bonchev–Trinajstić information content (AvgIpc) is 2.55. The summed E-state index contributed by atoms with van der Waals surface area (Å²) in [5, 5.41) is 5.75. The van der Waals surface area contributed by atoms with Crippen molar-refractivity contribution in [3.05, 3.63) is 54.1 Å². The summed E-state index contributed by atoms with van der Waals surface area (Å²) in [7, 11) is 0. The smallest absolute Gasteiger partial charge is 0.248 e. The van der Waals surface area contributed by atoms with Gasteiger partial charge in [0.05, 0.1) is 13.2 Å². The lowest BCUT2D eigenvalue weighted by Crippen LogP contribution is -2.21. The van der Waals surface area contributed by atoms with Gasteiger partial charge in [-0.25, -0.2) is 0 Å². The molecule has 0 unspecified atom stereocenters. The Hall–Kier alpha value is -3.02. The first-order valence-corrected chi connectivity index (χ1v) is 7.25. The number of rotatable bonds is 7. The fourth-order valence-corrected chi connectivity index (χ4v) is 1.94. The van der Waals surface area contributed by atoms with E-state index in [-0.39, 0.29) is 12.5 Å². The van der Waals surface area contributed by atoms with Gasteiger partial charge in [0, 0.05) is 16.9 Å². The van der Waals surface area contributed by atoms with E-state index in [2.05, 4.69) is 10.6 Å². The number of primary amides is 1. The third kappa shape index (κ3) is 5.03. The Morgan fingerprint density at radius 3 is 2.17 bits per heavy atom. The zero-order valence-electron chi connectivity index (χ0n) is 12.8. The van der Waals surface area contributed by atoms with Crippen LogP contribution in [0, 0.1) is 0 Å². The Kier molecular flexibility index (Phi) is 5.57. The van der Waals surface area contributed by atoms with Crippen molar-refractivity contribution in [1.82, 2.24) is 0 Å². The van der Waals surface area contributed by atoms with Gasteiger partial charge in [0.2, 0.25) is 11.8 Å². The van der Waals surface area contributed by atoms with Crippen LogP contribution in [0.4, 0.5) is 11.4 Å². The largest absolute Gasteiger partial charge is 0.494 e. The molecule has 0 saturated carbocycles. The number of carbonyl (C=O) groups is 2. The number of ether oxygens (including phenoxy) is 1. The molecule has 0 fully saturated rings. The van der Waals surface area contributed by atoms with Gasteiger partial charge in [-0.3, -0.25) is 9.59 Å². The molecule has 2 rings (SSSR count). The van der Waals surface area contributed by atoms with Crippen LogP contribution in [0.3, 0.4) is 0 Å². The number of hydrogen-bond acceptors (Lipinski definition) is 4. The molecule has 0 saturated heterocycles. The fourth-order valence-electron chi connectivity index (χ4n) is 1.94. The van der Waals surface area contributed by atoms with Gasteiger partial charge in [-0.1, -0.05) is 0 Å². The molecule has 0 bridgehead atoms. The molecule has 4 N–H and O–H groups in total. The van der Waals surface area contributed by atoms with E-state index in [1.165, 1.54) is 0 Å². The summed E-state index contributed by atoms with van der Waals surface area (Å²) in [4.78, 5) is 22.9. The van der Waals surface area contributed by atoms with Gasteiger partial charge in [0.25, 0.3) is 0 Å². The molecule has 6 heteroatoms. The van der Waals surface area contributed by atoms with Gasteiger partial charge in [-0.15, -0.1) is 0 Å². The lowest BCUT2D eigenvalue weighted by Gasteiger charge is -2.09. The summed E-state index contributed by atoms with van der Waals surface area (Å²) in [6, 6.07) is 13.8. The summed E-state index contributed by atoms with van der Waals surface area (Å²) in [6.07, 6.45) is 0. The maximum absolute atomic E-state index is 11.9. The Morgan fingerprint density at radius 2 is 1.61 bits per heavy atom. The lowest BCUT2D eigenvalue weighted by molar-refractivity contribution is -0.114. The molecule has 2 aromatic carbocycles. The first kappa shape index (κ1) is 16.4. The van der Waals surface area contributed by atoms with Gasteiger partial charge in [0.15, 0.2) is 0 Å². The predicted molar refractivity (Wildman–Crippen MR) is 89.7 cm³/mol. The van der Waals surface area contributed by atoms with Crippen LogP contribution in [0.25, 0.3) is 0 Å². The molecular formula is C17H19N3O3. The number of benzene rings is 2. The van der Waals surface area contributed by atoms with Crippen LogP contribution in [0.1, 0.15) is 17.3 Å². The van der Waals surface area contributed by atoms with Crippen molar-refractivity contribution < 1.29 is 14.3 Å². The SMILES string of the molecule is CCOc1ccc(NCC(=O)Nc2ccc(C(N)=O)cc2)cc1. The van der Waals surface area contributed by atoms with Crippen LogP contribution in [0.15, 0.2) is 48.5 Å². The zero-order valence-corrected chi connectivity index (χ0v) is 12.8. The number of nitrogens with two attached hydrogens (primary N) is 1. The minimum Gasteiger partial charge on any atom is -0.494 e. The van der Waals surface area contributed by atoms with Gasteiger partial charge < -0.3 is 21.1 Å². The number of nitrogens with one attached hydrogen (secondary N) is 2. The van der Waals surface area contributed by atoms with Crippen molar-refractivity contribution in [2.24, 2.45) is 5.73 Å². The second kappa shape index (κ2) is 7.84. The second-order valence-corrected chi connectivity index (χ2v) is 4.80. The molecule has 0 aliphatic carbocycles. The van der Waals surface area contributed by atoms with Crippen molar-refractivity contribution in [3.63, 3.8) is 0 Å². The normalized spacial score (nSPS) is 9.96. The molecule has 0 aliphatic rings. The van der Waals surface area contributed by atoms with Crippen molar-refractivity contribution in [3.8, 4) is 5.75 Å². The molecule has 0 spiro atoms. The molecule has 120 valence electrons. The summed E-state index contributed by atoms with van der Waals surface area (Å²) in [5.74, 6) is 0.0998. The summed E-state index contributed by atoms with van der Waals surface area (Å²) in [6.45, 7) is 2.67. The Bertz CT molecular complexity index is 666. The molecule has 6 nitrogen and oxygen atoms in total. The fraction of sp³-hybridized carbons (Fsp3) is 0.176. The van der Waals surface area contributed by atoms with Crippen LogP contribution >= 0.6 is 0 Å². The van der Waals surface area contributed by atoms with Gasteiger partial charge in [-0.2, -0.15) is 0 Å².